The highest BCUT2D eigenvalue weighted by molar-refractivity contribution is 6.14. The first kappa shape index (κ1) is 35.4. The van der Waals surface area contributed by atoms with Gasteiger partial charge in [0.1, 0.15) is 0 Å². The molecule has 13 aromatic rings. The fourth-order valence-electron chi connectivity index (χ4n) is 10.1. The Morgan fingerprint density at radius 3 is 1.08 bits per heavy atom. The van der Waals surface area contributed by atoms with Crippen LogP contribution >= 0.6 is 0 Å². The molecule has 13 rings (SSSR count). The Balaban J connectivity index is 0.957. The van der Waals surface area contributed by atoms with Gasteiger partial charge in [-0.3, -0.25) is 0 Å². The van der Waals surface area contributed by atoms with Crippen molar-refractivity contribution in [3.05, 3.63) is 237 Å². The van der Waals surface area contributed by atoms with Crippen molar-refractivity contribution >= 4 is 65.4 Å². The van der Waals surface area contributed by atoms with Gasteiger partial charge in [-0.1, -0.05) is 158 Å². The zero-order valence-electron chi connectivity index (χ0n) is 34.4. The zero-order chi connectivity index (χ0) is 41.4. The highest BCUT2D eigenvalue weighted by atomic mass is 15.0. The maximum absolute atomic E-state index is 2.43. The molecule has 0 saturated heterocycles. The predicted molar refractivity (Wildman–Crippen MR) is 266 cm³/mol. The van der Waals surface area contributed by atoms with Gasteiger partial charge in [-0.2, -0.15) is 0 Å². The number of benzene rings is 10. The van der Waals surface area contributed by atoms with Crippen LogP contribution in [0, 0.1) is 0 Å². The van der Waals surface area contributed by atoms with Crippen LogP contribution in [-0.4, -0.2) is 13.7 Å². The van der Waals surface area contributed by atoms with Crippen molar-refractivity contribution in [3.8, 4) is 50.4 Å². The third-order valence-electron chi connectivity index (χ3n) is 13.0. The quantitative estimate of drug-likeness (QED) is 0.159. The Kier molecular flexibility index (Phi) is 7.91. The fourth-order valence-corrected chi connectivity index (χ4v) is 10.1. The van der Waals surface area contributed by atoms with E-state index in [2.05, 4.69) is 250 Å². The van der Waals surface area contributed by atoms with Crippen LogP contribution in [-0.2, 0) is 0 Å². The number of hydrogen-bond donors (Lipinski definition) is 0. The monoisotopic (exact) mass is 801 g/mol. The topological polar surface area (TPSA) is 14.8 Å². The molecule has 0 atom stereocenters. The molecular formula is C60H39N3. The van der Waals surface area contributed by atoms with Gasteiger partial charge in [0.2, 0.25) is 0 Å². The van der Waals surface area contributed by atoms with Crippen LogP contribution in [0.3, 0.4) is 0 Å². The first-order chi connectivity index (χ1) is 31.2. The highest BCUT2D eigenvalue weighted by Gasteiger charge is 2.18. The molecule has 3 nitrogen and oxygen atoms in total. The number of nitrogens with zero attached hydrogens (tertiary/aromatic N) is 3. The van der Waals surface area contributed by atoms with E-state index in [-0.39, 0.29) is 0 Å². The Hall–Kier alpha value is -8.40. The normalized spacial score (nSPS) is 11.8. The van der Waals surface area contributed by atoms with Crippen molar-refractivity contribution in [3.63, 3.8) is 0 Å². The molecule has 3 heteroatoms. The lowest BCUT2D eigenvalue weighted by atomic mass is 9.99. The second-order valence-electron chi connectivity index (χ2n) is 16.6. The lowest BCUT2D eigenvalue weighted by Crippen LogP contribution is -1.98. The van der Waals surface area contributed by atoms with Gasteiger partial charge in [0, 0.05) is 49.4 Å². The van der Waals surface area contributed by atoms with Crippen molar-refractivity contribution in [2.24, 2.45) is 0 Å². The van der Waals surface area contributed by atoms with Crippen LogP contribution in [0.2, 0.25) is 0 Å². The molecule has 3 aromatic heterocycles. The second-order valence-corrected chi connectivity index (χ2v) is 16.6. The molecule has 10 aromatic carbocycles. The van der Waals surface area contributed by atoms with E-state index in [1.807, 2.05) is 0 Å². The largest absolute Gasteiger partial charge is 0.309 e. The van der Waals surface area contributed by atoms with Crippen LogP contribution in [0.15, 0.2) is 237 Å². The minimum absolute atomic E-state index is 1.13. The predicted octanol–water partition coefficient (Wildman–Crippen LogP) is 16.0. The molecule has 0 radical (unpaired) electrons. The number of rotatable bonds is 6. The van der Waals surface area contributed by atoms with E-state index in [4.69, 9.17) is 0 Å². The number of para-hydroxylation sites is 3. The standard InChI is InChI=1S/C60H39N3/c1-3-14-40(15-4-1)42-26-31-46(32-27-42)61-58-34-29-44(37-54(58)52-33-28-45(38-60(52)61)41-16-5-2-6-17-41)43-30-35-59-53(36-43)51-22-9-12-25-57(51)63(59)48-19-13-18-47(39-48)62-55-23-10-7-20-49(55)50-21-8-11-24-56(50)62/h1-39H. The van der Waals surface area contributed by atoms with Crippen molar-refractivity contribution in [1.82, 2.24) is 13.7 Å². The molecule has 0 aliphatic heterocycles. The molecule has 3 heterocycles. The smallest absolute Gasteiger partial charge is 0.0547 e. The maximum Gasteiger partial charge on any atom is 0.0547 e. The van der Waals surface area contributed by atoms with E-state index in [1.165, 1.54) is 98.8 Å². The third-order valence-corrected chi connectivity index (χ3v) is 13.0. The summed E-state index contributed by atoms with van der Waals surface area (Å²) in [7, 11) is 0. The van der Waals surface area contributed by atoms with Gasteiger partial charge >= 0.3 is 0 Å². The third kappa shape index (κ3) is 5.60. The minimum Gasteiger partial charge on any atom is -0.309 e. The molecule has 0 spiro atoms. The summed E-state index contributed by atoms with van der Waals surface area (Å²) in [5.74, 6) is 0. The Bertz CT molecular complexity index is 3830. The number of hydrogen-bond acceptors (Lipinski definition) is 0. The average Bonchev–Trinajstić information content (AvgIpc) is 3.99. The van der Waals surface area contributed by atoms with E-state index in [0.29, 0.717) is 0 Å². The van der Waals surface area contributed by atoms with Crippen LogP contribution in [0.4, 0.5) is 0 Å². The SMILES string of the molecule is c1ccc(-c2ccc(-n3c4ccc(-c5ccc6c(c5)c5ccccc5n6-c5cccc(-n6c7ccccc7c7ccccc76)c5)cc4c4ccc(-c5ccccc5)cc43)cc2)cc1. The Labute approximate surface area is 364 Å². The van der Waals surface area contributed by atoms with Crippen LogP contribution in [0.1, 0.15) is 0 Å². The van der Waals surface area contributed by atoms with Crippen molar-refractivity contribution in [2.75, 3.05) is 0 Å². The van der Waals surface area contributed by atoms with E-state index >= 15 is 0 Å². The number of fused-ring (bicyclic) bond motifs is 9. The molecule has 0 aliphatic carbocycles. The lowest BCUT2D eigenvalue weighted by Gasteiger charge is -2.13. The van der Waals surface area contributed by atoms with Crippen molar-refractivity contribution in [2.45, 2.75) is 0 Å². The van der Waals surface area contributed by atoms with Gasteiger partial charge in [-0.05, 0) is 112 Å². The first-order valence-corrected chi connectivity index (χ1v) is 21.7. The van der Waals surface area contributed by atoms with Crippen LogP contribution < -0.4 is 0 Å². The summed E-state index contributed by atoms with van der Waals surface area (Å²) in [6, 6.07) is 86.5. The van der Waals surface area contributed by atoms with Gasteiger partial charge in [0.15, 0.2) is 0 Å². The summed E-state index contributed by atoms with van der Waals surface area (Å²) in [6.07, 6.45) is 0. The number of aromatic nitrogens is 3. The van der Waals surface area contributed by atoms with E-state index < -0.39 is 0 Å². The molecule has 63 heavy (non-hydrogen) atoms. The summed E-state index contributed by atoms with van der Waals surface area (Å²) < 4.78 is 7.26. The average molecular weight is 802 g/mol. The molecule has 0 bridgehead atoms. The zero-order valence-corrected chi connectivity index (χ0v) is 34.4. The van der Waals surface area contributed by atoms with E-state index in [0.717, 1.165) is 17.1 Å². The molecule has 0 amide bonds. The van der Waals surface area contributed by atoms with Crippen molar-refractivity contribution < 1.29 is 0 Å². The molecule has 0 saturated carbocycles. The lowest BCUT2D eigenvalue weighted by molar-refractivity contribution is 1.13. The molecule has 0 unspecified atom stereocenters. The van der Waals surface area contributed by atoms with E-state index in [1.54, 1.807) is 0 Å². The van der Waals surface area contributed by atoms with E-state index in [9.17, 15) is 0 Å². The summed E-state index contributed by atoms with van der Waals surface area (Å²) in [6.45, 7) is 0. The maximum atomic E-state index is 2.43. The fraction of sp³-hybridized carbons (Fsp3) is 0. The highest BCUT2D eigenvalue weighted by Crippen LogP contribution is 2.40. The Morgan fingerprint density at radius 1 is 0.175 bits per heavy atom. The second kappa shape index (κ2) is 14.1. The Morgan fingerprint density at radius 2 is 0.540 bits per heavy atom. The summed E-state index contributed by atoms with van der Waals surface area (Å²) >= 11 is 0. The van der Waals surface area contributed by atoms with Gasteiger partial charge < -0.3 is 13.7 Å². The molecular weight excluding hydrogens is 763 g/mol. The molecule has 0 aliphatic rings. The minimum atomic E-state index is 1.13. The van der Waals surface area contributed by atoms with Gasteiger partial charge in [0.25, 0.3) is 0 Å². The summed E-state index contributed by atoms with van der Waals surface area (Å²) in [5.41, 5.74) is 17.8. The van der Waals surface area contributed by atoms with Gasteiger partial charge in [0.05, 0.1) is 33.1 Å². The first-order valence-electron chi connectivity index (χ1n) is 21.7. The molecule has 0 N–H and O–H groups in total. The van der Waals surface area contributed by atoms with Crippen LogP contribution in [0.5, 0.6) is 0 Å². The van der Waals surface area contributed by atoms with Gasteiger partial charge in [-0.25, -0.2) is 0 Å². The summed E-state index contributed by atoms with van der Waals surface area (Å²) in [4.78, 5) is 0. The van der Waals surface area contributed by atoms with Crippen LogP contribution in [0.25, 0.3) is 116 Å². The molecule has 0 fully saturated rings. The van der Waals surface area contributed by atoms with Crippen molar-refractivity contribution in [1.29, 1.82) is 0 Å². The molecule has 294 valence electrons. The summed E-state index contributed by atoms with van der Waals surface area (Å²) in [5, 5.41) is 7.47. The van der Waals surface area contributed by atoms with Gasteiger partial charge in [-0.15, -0.1) is 0 Å².